The van der Waals surface area contributed by atoms with Crippen LogP contribution in [-0.2, 0) is 9.59 Å². The Balaban J connectivity index is 1.71. The smallest absolute Gasteiger partial charge is 0.385 e. The molecule has 0 radical (unpaired) electrons. The van der Waals surface area contributed by atoms with Gasteiger partial charge >= 0.3 is 6.18 Å². The van der Waals surface area contributed by atoms with Crippen LogP contribution in [0.2, 0.25) is 0 Å². The average molecular weight is 441 g/mol. The molecule has 8 heteroatoms. The van der Waals surface area contributed by atoms with Gasteiger partial charge in [-0.15, -0.1) is 0 Å². The van der Waals surface area contributed by atoms with Crippen LogP contribution in [0.1, 0.15) is 58.3 Å². The highest BCUT2D eigenvalue weighted by atomic mass is 19.4. The Bertz CT molecular complexity index is 775. The van der Waals surface area contributed by atoms with Gasteiger partial charge in [0.15, 0.2) is 0 Å². The number of hydrogen-bond acceptors (Lipinski definition) is 3. The third-order valence-electron chi connectivity index (χ3n) is 6.68. The molecular weight excluding hydrogens is 409 g/mol. The number of nitrogens with two attached hydrogens (primary N) is 1. The molecule has 0 bridgehead atoms. The zero-order chi connectivity index (χ0) is 22.8. The lowest BCUT2D eigenvalue weighted by Crippen LogP contribution is -2.44. The van der Waals surface area contributed by atoms with Crippen LogP contribution in [0.4, 0.5) is 13.2 Å². The molecule has 2 fully saturated rings. The number of hydrogen-bond donors (Lipinski definition) is 2. The Morgan fingerprint density at radius 1 is 1.13 bits per heavy atom. The fourth-order valence-corrected chi connectivity index (χ4v) is 4.57. The number of allylic oxidation sites excluding steroid dienone is 2. The maximum Gasteiger partial charge on any atom is 0.395 e. The van der Waals surface area contributed by atoms with Crippen LogP contribution in [0.3, 0.4) is 0 Å². The van der Waals surface area contributed by atoms with Crippen molar-refractivity contribution in [3.8, 4) is 0 Å². The van der Waals surface area contributed by atoms with Gasteiger partial charge in [-0.2, -0.15) is 13.2 Å². The molecule has 0 aliphatic heterocycles. The third-order valence-corrected chi connectivity index (χ3v) is 6.68. The Kier molecular flexibility index (Phi) is 7.29. The molecule has 0 heterocycles. The van der Waals surface area contributed by atoms with E-state index in [2.05, 4.69) is 0 Å². The normalized spacial score (nSPS) is 27.7. The number of alkyl halides is 3. The zero-order valence-electron chi connectivity index (χ0n) is 17.8. The maximum atomic E-state index is 13.3. The molecule has 0 aromatic rings. The van der Waals surface area contributed by atoms with E-state index in [0.717, 1.165) is 51.9 Å². The number of rotatable bonds is 7. The monoisotopic (exact) mass is 440 g/mol. The van der Waals surface area contributed by atoms with E-state index in [1.807, 2.05) is 4.90 Å². The molecule has 0 aromatic heterocycles. The second kappa shape index (κ2) is 9.59. The molecule has 2 amide bonds. The van der Waals surface area contributed by atoms with Crippen LogP contribution in [0.15, 0.2) is 35.5 Å². The molecule has 0 aromatic carbocycles. The number of carbonyl (C=O) groups excluding carboxylic acids is 2. The molecule has 3 N–H and O–H groups in total. The van der Waals surface area contributed by atoms with Crippen molar-refractivity contribution in [3.05, 3.63) is 35.5 Å². The molecule has 3 rings (SSSR count). The van der Waals surface area contributed by atoms with E-state index >= 15 is 0 Å². The van der Waals surface area contributed by atoms with Gasteiger partial charge in [0, 0.05) is 24.1 Å². The summed E-state index contributed by atoms with van der Waals surface area (Å²) in [4.78, 5) is 26.2. The fraction of sp³-hybridized carbons (Fsp3) is 0.652. The molecule has 2 saturated carbocycles. The van der Waals surface area contributed by atoms with Crippen LogP contribution in [-0.4, -0.2) is 46.2 Å². The van der Waals surface area contributed by atoms with Crippen molar-refractivity contribution in [2.24, 2.45) is 17.6 Å². The molecule has 0 spiro atoms. The molecule has 2 atom stereocenters. The number of primary amides is 1. The first kappa shape index (κ1) is 23.6. The lowest BCUT2D eigenvalue weighted by molar-refractivity contribution is -0.161. The molecular formula is C23H31F3N2O3. The summed E-state index contributed by atoms with van der Waals surface area (Å²) in [5.41, 5.74) is 5.37. The minimum atomic E-state index is -4.46. The predicted octanol–water partition coefficient (Wildman–Crippen LogP) is 3.78. The number of halogens is 3. The second-order valence-corrected chi connectivity index (χ2v) is 8.98. The van der Waals surface area contributed by atoms with E-state index in [0.29, 0.717) is 17.9 Å². The fourth-order valence-electron chi connectivity index (χ4n) is 4.57. The molecule has 31 heavy (non-hydrogen) atoms. The SMILES string of the molecule is CC(C1=CC=C(C(=O)N(C2CCC(CCC(N)=O)CC2)C2CC2)C=C[C@@H]1O)C(F)(F)F. The van der Waals surface area contributed by atoms with Gasteiger partial charge in [-0.25, -0.2) is 0 Å². The summed E-state index contributed by atoms with van der Waals surface area (Å²) in [6, 6.07) is 0.254. The highest BCUT2D eigenvalue weighted by Crippen LogP contribution is 2.38. The van der Waals surface area contributed by atoms with Crippen LogP contribution in [0.5, 0.6) is 0 Å². The van der Waals surface area contributed by atoms with Crippen molar-refractivity contribution in [3.63, 3.8) is 0 Å². The first-order chi connectivity index (χ1) is 14.6. The third kappa shape index (κ3) is 5.99. The standard InChI is InChI=1S/C23H31F3N2O3/c1-14(23(24,25)26)19-11-5-16(6-12-20(19)29)22(31)28(18-9-10-18)17-7-2-15(3-8-17)4-13-21(27)30/h5-6,11-12,14-15,17-18,20,29H,2-4,7-10,13H2,1H3,(H2,27,30)/t14?,15?,17?,20-/m0/s1. The zero-order valence-corrected chi connectivity index (χ0v) is 17.8. The number of carbonyl (C=O) groups is 2. The first-order valence-corrected chi connectivity index (χ1v) is 11.0. The van der Waals surface area contributed by atoms with Crippen molar-refractivity contribution in [1.29, 1.82) is 0 Å². The second-order valence-electron chi connectivity index (χ2n) is 8.98. The number of amides is 2. The Morgan fingerprint density at radius 3 is 2.23 bits per heavy atom. The molecule has 3 aliphatic carbocycles. The summed E-state index contributed by atoms with van der Waals surface area (Å²) in [7, 11) is 0. The topological polar surface area (TPSA) is 83.6 Å². The van der Waals surface area contributed by atoms with Gasteiger partial charge in [0.2, 0.25) is 5.91 Å². The van der Waals surface area contributed by atoms with E-state index in [1.54, 1.807) is 0 Å². The molecule has 172 valence electrons. The summed E-state index contributed by atoms with van der Waals surface area (Å²) < 4.78 is 39.3. The van der Waals surface area contributed by atoms with Gasteiger partial charge in [0.1, 0.15) is 0 Å². The van der Waals surface area contributed by atoms with Crippen LogP contribution in [0.25, 0.3) is 0 Å². The summed E-state index contributed by atoms with van der Waals surface area (Å²) in [6.45, 7) is 1.01. The number of aliphatic hydroxyl groups excluding tert-OH is 1. The predicted molar refractivity (Wildman–Crippen MR) is 111 cm³/mol. The highest BCUT2D eigenvalue weighted by molar-refractivity contribution is 5.97. The Labute approximate surface area is 180 Å². The Morgan fingerprint density at radius 2 is 1.71 bits per heavy atom. The van der Waals surface area contributed by atoms with E-state index < -0.39 is 18.2 Å². The van der Waals surface area contributed by atoms with Gasteiger partial charge in [-0.3, -0.25) is 9.59 Å². The lowest BCUT2D eigenvalue weighted by Gasteiger charge is -2.37. The quantitative estimate of drug-likeness (QED) is 0.632. The van der Waals surface area contributed by atoms with Crippen molar-refractivity contribution in [2.45, 2.75) is 82.7 Å². The van der Waals surface area contributed by atoms with Gasteiger partial charge in [-0.05, 0) is 69.4 Å². The minimum Gasteiger partial charge on any atom is -0.385 e. The summed E-state index contributed by atoms with van der Waals surface area (Å²) in [5, 5.41) is 10.2. The van der Waals surface area contributed by atoms with Crippen molar-refractivity contribution in [1.82, 2.24) is 4.90 Å². The number of nitrogens with zero attached hydrogens (tertiary/aromatic N) is 1. The Hall–Kier alpha value is -2.09. The van der Waals surface area contributed by atoms with Crippen molar-refractivity contribution < 1.29 is 27.9 Å². The van der Waals surface area contributed by atoms with Gasteiger partial charge in [0.25, 0.3) is 5.91 Å². The van der Waals surface area contributed by atoms with Crippen LogP contribution in [0, 0.1) is 11.8 Å². The van der Waals surface area contributed by atoms with Crippen LogP contribution < -0.4 is 5.73 Å². The largest absolute Gasteiger partial charge is 0.395 e. The first-order valence-electron chi connectivity index (χ1n) is 11.0. The van der Waals surface area contributed by atoms with Crippen molar-refractivity contribution >= 4 is 11.8 Å². The summed E-state index contributed by atoms with van der Waals surface area (Å²) in [6.07, 6.45) is 6.05. The van der Waals surface area contributed by atoms with E-state index in [4.69, 9.17) is 5.73 Å². The van der Waals surface area contributed by atoms with Gasteiger partial charge < -0.3 is 15.7 Å². The van der Waals surface area contributed by atoms with E-state index in [1.165, 1.54) is 24.3 Å². The molecule has 1 unspecified atom stereocenters. The maximum absolute atomic E-state index is 13.3. The summed E-state index contributed by atoms with van der Waals surface area (Å²) in [5.74, 6) is -1.85. The van der Waals surface area contributed by atoms with Gasteiger partial charge in [-0.1, -0.05) is 18.2 Å². The molecule has 3 aliphatic rings. The van der Waals surface area contributed by atoms with Crippen molar-refractivity contribution in [2.75, 3.05) is 0 Å². The minimum absolute atomic E-state index is 0.0878. The van der Waals surface area contributed by atoms with Gasteiger partial charge in [0.05, 0.1) is 12.0 Å². The molecule has 5 nitrogen and oxygen atoms in total. The summed E-state index contributed by atoms with van der Waals surface area (Å²) >= 11 is 0. The lowest BCUT2D eigenvalue weighted by atomic mass is 9.82. The highest BCUT2D eigenvalue weighted by Gasteiger charge is 2.41. The van der Waals surface area contributed by atoms with E-state index in [9.17, 15) is 27.9 Å². The number of aliphatic hydroxyl groups is 1. The van der Waals surface area contributed by atoms with Crippen LogP contribution >= 0.6 is 0 Å². The average Bonchev–Trinajstić information content (AvgIpc) is 3.54. The molecule has 0 saturated heterocycles. The van der Waals surface area contributed by atoms with E-state index in [-0.39, 0.29) is 29.5 Å².